The first-order chi connectivity index (χ1) is 4.77. The molecule has 0 bridgehead atoms. The lowest BCUT2D eigenvalue weighted by molar-refractivity contribution is 1.02. The number of aromatic nitrogens is 1. The number of aryl methyl sites for hydroxylation is 1. The van der Waals surface area contributed by atoms with Gasteiger partial charge >= 0.3 is 0 Å². The third-order valence-corrected chi connectivity index (χ3v) is 3.21. The van der Waals surface area contributed by atoms with Gasteiger partial charge in [0, 0.05) is 10.8 Å². The molecular formula is C7H8BrNS. The molecule has 3 heteroatoms. The molecule has 0 amide bonds. The lowest BCUT2D eigenvalue weighted by Gasteiger charge is -1.88. The summed E-state index contributed by atoms with van der Waals surface area (Å²) in [7, 11) is 0. The summed E-state index contributed by atoms with van der Waals surface area (Å²) in [5, 5.41) is 0. The smallest absolute Gasteiger partial charge is 0.159 e. The Balaban J connectivity index is 2.38. The van der Waals surface area contributed by atoms with Gasteiger partial charge in [-0.3, -0.25) is 0 Å². The minimum absolute atomic E-state index is 0.794. The van der Waals surface area contributed by atoms with Crippen LogP contribution in [0.25, 0.3) is 0 Å². The van der Waals surface area contributed by atoms with Crippen LogP contribution in [0.3, 0.4) is 0 Å². The Morgan fingerprint density at radius 3 is 2.70 bits per heavy atom. The molecule has 1 aromatic rings. The van der Waals surface area contributed by atoms with Gasteiger partial charge in [0.15, 0.2) is 3.92 Å². The summed E-state index contributed by atoms with van der Waals surface area (Å²) in [5.74, 6) is 0.794. The molecular weight excluding hydrogens is 210 g/mol. The van der Waals surface area contributed by atoms with E-state index in [-0.39, 0.29) is 0 Å². The highest BCUT2D eigenvalue weighted by atomic mass is 79.9. The molecule has 0 N–H and O–H groups in total. The Bertz CT molecular complexity index is 252. The highest BCUT2D eigenvalue weighted by Gasteiger charge is 2.27. The van der Waals surface area contributed by atoms with E-state index in [4.69, 9.17) is 0 Å². The normalized spacial score (nSPS) is 17.8. The van der Waals surface area contributed by atoms with E-state index in [9.17, 15) is 0 Å². The van der Waals surface area contributed by atoms with Crippen molar-refractivity contribution in [1.29, 1.82) is 0 Å². The lowest BCUT2D eigenvalue weighted by atomic mass is 10.3. The summed E-state index contributed by atoms with van der Waals surface area (Å²) in [5.41, 5.74) is 1.33. The molecule has 1 aromatic heterocycles. The van der Waals surface area contributed by atoms with Gasteiger partial charge in [0.05, 0.1) is 5.69 Å². The fourth-order valence-electron chi connectivity index (χ4n) is 1.11. The van der Waals surface area contributed by atoms with Gasteiger partial charge < -0.3 is 0 Å². The van der Waals surface area contributed by atoms with E-state index in [1.807, 2.05) is 0 Å². The molecule has 0 atom stereocenters. The fourth-order valence-corrected chi connectivity index (χ4v) is 2.74. The summed E-state index contributed by atoms with van der Waals surface area (Å²) >= 11 is 5.13. The van der Waals surface area contributed by atoms with Crippen molar-refractivity contribution in [3.63, 3.8) is 0 Å². The highest BCUT2D eigenvalue weighted by molar-refractivity contribution is 9.11. The van der Waals surface area contributed by atoms with Crippen LogP contribution in [-0.4, -0.2) is 4.98 Å². The van der Waals surface area contributed by atoms with Gasteiger partial charge in [-0.15, -0.1) is 11.3 Å². The van der Waals surface area contributed by atoms with Crippen LogP contribution in [0.2, 0.25) is 0 Å². The fraction of sp³-hybridized carbons (Fsp3) is 0.571. The van der Waals surface area contributed by atoms with E-state index < -0.39 is 0 Å². The molecule has 1 nitrogen and oxygen atoms in total. The van der Waals surface area contributed by atoms with Crippen LogP contribution in [0.4, 0.5) is 0 Å². The molecule has 0 saturated heterocycles. The van der Waals surface area contributed by atoms with Crippen molar-refractivity contribution in [2.24, 2.45) is 0 Å². The zero-order chi connectivity index (χ0) is 7.14. The molecule has 54 valence electrons. The Morgan fingerprint density at radius 2 is 2.30 bits per heavy atom. The quantitative estimate of drug-likeness (QED) is 0.705. The molecule has 0 spiro atoms. The molecule has 1 aliphatic rings. The summed E-state index contributed by atoms with van der Waals surface area (Å²) in [6, 6.07) is 0. The average Bonchev–Trinajstić information content (AvgIpc) is 2.61. The zero-order valence-electron chi connectivity index (χ0n) is 5.72. The molecule has 1 fully saturated rings. The maximum absolute atomic E-state index is 4.41. The zero-order valence-corrected chi connectivity index (χ0v) is 8.13. The van der Waals surface area contributed by atoms with Crippen LogP contribution in [-0.2, 0) is 0 Å². The molecule has 10 heavy (non-hydrogen) atoms. The first-order valence-electron chi connectivity index (χ1n) is 3.40. The summed E-state index contributed by atoms with van der Waals surface area (Å²) in [6.45, 7) is 2.15. The van der Waals surface area contributed by atoms with Crippen molar-refractivity contribution >= 4 is 27.3 Å². The van der Waals surface area contributed by atoms with Gasteiger partial charge in [0.2, 0.25) is 0 Å². The standard InChI is InChI=1S/C7H8BrNS/c1-4-6(5-2-3-5)9-7(8)10-4/h5H,2-3H2,1H3. The highest BCUT2D eigenvalue weighted by Crippen LogP contribution is 2.42. The Kier molecular flexibility index (Phi) is 1.57. The van der Waals surface area contributed by atoms with Crippen LogP contribution in [0.5, 0.6) is 0 Å². The third-order valence-electron chi connectivity index (χ3n) is 1.77. The summed E-state index contributed by atoms with van der Waals surface area (Å²) in [4.78, 5) is 5.79. The summed E-state index contributed by atoms with van der Waals surface area (Å²) < 4.78 is 1.03. The van der Waals surface area contributed by atoms with Crippen molar-refractivity contribution < 1.29 is 0 Å². The van der Waals surface area contributed by atoms with E-state index in [1.54, 1.807) is 11.3 Å². The molecule has 1 saturated carbocycles. The predicted octanol–water partition coefficient (Wildman–Crippen LogP) is 3.09. The number of halogens is 1. The van der Waals surface area contributed by atoms with Crippen molar-refractivity contribution in [3.05, 3.63) is 14.5 Å². The molecule has 0 unspecified atom stereocenters. The molecule has 1 aliphatic carbocycles. The van der Waals surface area contributed by atoms with E-state index >= 15 is 0 Å². The number of hydrogen-bond donors (Lipinski definition) is 0. The van der Waals surface area contributed by atoms with Gasteiger partial charge in [-0.1, -0.05) is 0 Å². The van der Waals surface area contributed by atoms with Crippen LogP contribution >= 0.6 is 27.3 Å². The van der Waals surface area contributed by atoms with Crippen molar-refractivity contribution in [1.82, 2.24) is 4.98 Å². The van der Waals surface area contributed by atoms with Crippen LogP contribution in [0.1, 0.15) is 29.3 Å². The lowest BCUT2D eigenvalue weighted by Crippen LogP contribution is -1.80. The van der Waals surface area contributed by atoms with Gasteiger partial charge in [-0.2, -0.15) is 0 Å². The van der Waals surface area contributed by atoms with Crippen LogP contribution < -0.4 is 0 Å². The minimum Gasteiger partial charge on any atom is -0.234 e. The van der Waals surface area contributed by atoms with Gasteiger partial charge in [-0.05, 0) is 35.7 Å². The number of hydrogen-bond acceptors (Lipinski definition) is 2. The van der Waals surface area contributed by atoms with Crippen LogP contribution in [0.15, 0.2) is 3.92 Å². The number of nitrogens with zero attached hydrogens (tertiary/aromatic N) is 1. The predicted molar refractivity (Wildman–Crippen MR) is 46.5 cm³/mol. The molecule has 0 aliphatic heterocycles. The van der Waals surface area contributed by atoms with Crippen LogP contribution in [0, 0.1) is 6.92 Å². The molecule has 1 heterocycles. The minimum atomic E-state index is 0.794. The van der Waals surface area contributed by atoms with E-state index in [1.165, 1.54) is 23.4 Å². The van der Waals surface area contributed by atoms with Gasteiger partial charge in [0.1, 0.15) is 0 Å². The topological polar surface area (TPSA) is 12.9 Å². The molecule has 0 radical (unpaired) electrons. The van der Waals surface area contributed by atoms with E-state index in [2.05, 4.69) is 27.8 Å². The Labute approximate surface area is 72.6 Å². The first-order valence-corrected chi connectivity index (χ1v) is 5.01. The third kappa shape index (κ3) is 1.12. The van der Waals surface area contributed by atoms with Crippen molar-refractivity contribution in [3.8, 4) is 0 Å². The van der Waals surface area contributed by atoms with E-state index in [0.29, 0.717) is 0 Å². The molecule has 0 aromatic carbocycles. The largest absolute Gasteiger partial charge is 0.234 e. The second kappa shape index (κ2) is 2.31. The second-order valence-electron chi connectivity index (χ2n) is 2.68. The maximum atomic E-state index is 4.41. The van der Waals surface area contributed by atoms with Gasteiger partial charge in [0.25, 0.3) is 0 Å². The van der Waals surface area contributed by atoms with Crippen molar-refractivity contribution in [2.75, 3.05) is 0 Å². The van der Waals surface area contributed by atoms with Crippen molar-refractivity contribution in [2.45, 2.75) is 25.7 Å². The molecule has 2 rings (SSSR count). The van der Waals surface area contributed by atoms with Gasteiger partial charge in [-0.25, -0.2) is 4.98 Å². The Hall–Kier alpha value is 0.110. The number of rotatable bonds is 1. The number of thiazole rings is 1. The second-order valence-corrected chi connectivity index (χ2v) is 5.16. The monoisotopic (exact) mass is 217 g/mol. The average molecular weight is 218 g/mol. The van der Waals surface area contributed by atoms with E-state index in [0.717, 1.165) is 9.83 Å². The summed E-state index contributed by atoms with van der Waals surface area (Å²) in [6.07, 6.45) is 2.69. The SMILES string of the molecule is Cc1sc(Br)nc1C1CC1. The first kappa shape index (κ1) is 6.80. The maximum Gasteiger partial charge on any atom is 0.159 e. The Morgan fingerprint density at radius 1 is 1.60 bits per heavy atom.